The molecule has 3 rings (SSSR count). The minimum Gasteiger partial charge on any atom is -0.478 e. The molecule has 6 heteroatoms. The minimum absolute atomic E-state index is 0.0578. The van der Waals surface area contributed by atoms with E-state index in [0.29, 0.717) is 18.7 Å². The molecule has 23 heavy (non-hydrogen) atoms. The van der Waals surface area contributed by atoms with E-state index in [2.05, 4.69) is 5.32 Å². The van der Waals surface area contributed by atoms with Crippen molar-refractivity contribution in [1.29, 1.82) is 0 Å². The first-order chi connectivity index (χ1) is 11.1. The highest BCUT2D eigenvalue weighted by molar-refractivity contribution is 6.32. The van der Waals surface area contributed by atoms with E-state index >= 15 is 0 Å². The summed E-state index contributed by atoms with van der Waals surface area (Å²) in [5.41, 5.74) is 0.568. The molecule has 0 bridgehead atoms. The molecule has 1 aliphatic rings. The Balaban J connectivity index is 1.94. The summed E-state index contributed by atoms with van der Waals surface area (Å²) >= 11 is 6.04. The molecule has 0 aliphatic carbocycles. The molecule has 2 atom stereocenters. The van der Waals surface area contributed by atoms with Crippen LogP contribution < -0.4 is 10.1 Å². The van der Waals surface area contributed by atoms with Crippen molar-refractivity contribution in [1.82, 2.24) is 5.32 Å². The summed E-state index contributed by atoms with van der Waals surface area (Å²) in [5.74, 6) is -1.01. The van der Waals surface area contributed by atoms with Crippen molar-refractivity contribution in [3.63, 3.8) is 0 Å². The van der Waals surface area contributed by atoms with E-state index in [0.717, 1.165) is 6.54 Å². The summed E-state index contributed by atoms with van der Waals surface area (Å²) in [6.45, 7) is 1.75. The van der Waals surface area contributed by atoms with Gasteiger partial charge in [0.25, 0.3) is 0 Å². The maximum absolute atomic E-state index is 14.0. The minimum atomic E-state index is -0.673. The highest BCUT2D eigenvalue weighted by Crippen LogP contribution is 2.34. The normalized spacial score (nSPS) is 19.3. The van der Waals surface area contributed by atoms with Crippen LogP contribution in [0.15, 0.2) is 42.5 Å². The number of ether oxygens (including phenoxy) is 2. The number of halogens is 3. The number of para-hydroxylation sites is 1. The molecule has 0 radical (unpaired) electrons. The Bertz CT molecular complexity index is 657. The fraction of sp³-hybridized carbons (Fsp3) is 0.294. The molecule has 0 amide bonds. The molecule has 2 aromatic rings. The molecule has 1 unspecified atom stereocenters. The lowest BCUT2D eigenvalue weighted by Gasteiger charge is -2.32. The third-order valence-electron chi connectivity index (χ3n) is 3.63. The molecule has 122 valence electrons. The van der Waals surface area contributed by atoms with E-state index < -0.39 is 11.9 Å². The molecule has 3 nitrogen and oxygen atoms in total. The van der Waals surface area contributed by atoms with Gasteiger partial charge in [-0.3, -0.25) is 0 Å². The zero-order valence-electron chi connectivity index (χ0n) is 12.3. The molecule has 1 aliphatic heterocycles. The van der Waals surface area contributed by atoms with E-state index in [1.807, 2.05) is 0 Å². The van der Waals surface area contributed by atoms with Crippen LogP contribution in [0.2, 0.25) is 5.02 Å². The second kappa shape index (κ2) is 7.25. The van der Waals surface area contributed by atoms with Crippen LogP contribution in [0.25, 0.3) is 0 Å². The summed E-state index contributed by atoms with van der Waals surface area (Å²) in [7, 11) is 0. The highest BCUT2D eigenvalue weighted by atomic mass is 35.5. The van der Waals surface area contributed by atoms with Gasteiger partial charge in [-0.15, -0.1) is 0 Å². The number of hydrogen-bond donors (Lipinski definition) is 1. The molecule has 1 N–H and O–H groups in total. The summed E-state index contributed by atoms with van der Waals surface area (Å²) in [5, 5.41) is 3.35. The molecule has 0 saturated carbocycles. The number of nitrogens with one attached hydrogen (secondary N) is 1. The fourth-order valence-corrected chi connectivity index (χ4v) is 2.75. The molecule has 0 spiro atoms. The lowest BCUT2D eigenvalue weighted by atomic mass is 10.0. The van der Waals surface area contributed by atoms with Crippen molar-refractivity contribution < 1.29 is 18.3 Å². The Morgan fingerprint density at radius 2 is 2.04 bits per heavy atom. The number of rotatable bonds is 4. The van der Waals surface area contributed by atoms with Gasteiger partial charge in [0.05, 0.1) is 11.6 Å². The van der Waals surface area contributed by atoms with Gasteiger partial charge in [-0.1, -0.05) is 29.8 Å². The Kier molecular flexibility index (Phi) is 5.10. The average molecular weight is 340 g/mol. The zero-order chi connectivity index (χ0) is 16.2. The Morgan fingerprint density at radius 1 is 1.22 bits per heavy atom. The average Bonchev–Trinajstić information content (AvgIpc) is 2.55. The smallest absolute Gasteiger partial charge is 0.174 e. The SMILES string of the molecule is Fc1cccc([C@H](Oc2c(F)cccc2Cl)C2CNCCO2)c1. The third kappa shape index (κ3) is 3.80. The molecule has 1 saturated heterocycles. The summed E-state index contributed by atoms with van der Waals surface area (Å²) in [6, 6.07) is 10.3. The van der Waals surface area contributed by atoms with Gasteiger partial charge in [-0.2, -0.15) is 0 Å². The van der Waals surface area contributed by atoms with Gasteiger partial charge in [0.1, 0.15) is 11.9 Å². The first kappa shape index (κ1) is 16.2. The van der Waals surface area contributed by atoms with Crippen LogP contribution in [0, 0.1) is 11.6 Å². The first-order valence-corrected chi connectivity index (χ1v) is 7.71. The summed E-state index contributed by atoms with van der Waals surface area (Å²) in [6.07, 6.45) is -1.05. The van der Waals surface area contributed by atoms with Crippen LogP contribution in [0.5, 0.6) is 5.75 Å². The summed E-state index contributed by atoms with van der Waals surface area (Å²) in [4.78, 5) is 0. The van der Waals surface area contributed by atoms with Crippen molar-refractivity contribution >= 4 is 11.6 Å². The van der Waals surface area contributed by atoms with Crippen molar-refractivity contribution in [2.45, 2.75) is 12.2 Å². The van der Waals surface area contributed by atoms with E-state index in [-0.39, 0.29) is 22.7 Å². The lowest BCUT2D eigenvalue weighted by molar-refractivity contribution is -0.0443. The van der Waals surface area contributed by atoms with Crippen LogP contribution in [0.4, 0.5) is 8.78 Å². The van der Waals surface area contributed by atoms with Crippen LogP contribution in [0.1, 0.15) is 11.7 Å². The van der Waals surface area contributed by atoms with Crippen molar-refractivity contribution in [2.24, 2.45) is 0 Å². The maximum Gasteiger partial charge on any atom is 0.174 e. The molecule has 2 aromatic carbocycles. The number of morpholine rings is 1. The third-order valence-corrected chi connectivity index (χ3v) is 3.93. The quantitative estimate of drug-likeness (QED) is 0.920. The van der Waals surface area contributed by atoms with E-state index in [1.54, 1.807) is 18.2 Å². The van der Waals surface area contributed by atoms with E-state index in [9.17, 15) is 8.78 Å². The number of hydrogen-bond acceptors (Lipinski definition) is 3. The number of benzene rings is 2. The van der Waals surface area contributed by atoms with E-state index in [1.165, 1.54) is 24.3 Å². The predicted octanol–water partition coefficient (Wildman–Crippen LogP) is 3.73. The molecule has 1 fully saturated rings. The van der Waals surface area contributed by atoms with Gasteiger partial charge in [0.15, 0.2) is 17.7 Å². The largest absolute Gasteiger partial charge is 0.478 e. The van der Waals surface area contributed by atoms with Gasteiger partial charge in [0, 0.05) is 13.1 Å². The highest BCUT2D eigenvalue weighted by Gasteiger charge is 2.29. The first-order valence-electron chi connectivity index (χ1n) is 7.33. The van der Waals surface area contributed by atoms with E-state index in [4.69, 9.17) is 21.1 Å². The second-order valence-electron chi connectivity index (χ2n) is 5.26. The van der Waals surface area contributed by atoms with Crippen LogP contribution in [-0.4, -0.2) is 25.8 Å². The van der Waals surface area contributed by atoms with Crippen LogP contribution >= 0.6 is 11.6 Å². The fourth-order valence-electron chi connectivity index (χ4n) is 2.54. The van der Waals surface area contributed by atoms with Crippen molar-refractivity contribution in [3.05, 3.63) is 64.7 Å². The van der Waals surface area contributed by atoms with Crippen LogP contribution in [0.3, 0.4) is 0 Å². The van der Waals surface area contributed by atoms with Gasteiger partial charge < -0.3 is 14.8 Å². The van der Waals surface area contributed by atoms with Gasteiger partial charge in [-0.25, -0.2) is 8.78 Å². The zero-order valence-corrected chi connectivity index (χ0v) is 13.0. The predicted molar refractivity (Wildman–Crippen MR) is 83.8 cm³/mol. The molecule has 0 aromatic heterocycles. The Hall–Kier alpha value is -1.69. The summed E-state index contributed by atoms with van der Waals surface area (Å²) < 4.78 is 39.1. The van der Waals surface area contributed by atoms with Gasteiger partial charge in [-0.05, 0) is 29.8 Å². The Labute approximate surface area is 138 Å². The molecular formula is C17H16ClF2NO2. The Morgan fingerprint density at radius 3 is 2.74 bits per heavy atom. The van der Waals surface area contributed by atoms with Crippen LogP contribution in [-0.2, 0) is 4.74 Å². The van der Waals surface area contributed by atoms with Crippen molar-refractivity contribution in [2.75, 3.05) is 19.7 Å². The molecular weight excluding hydrogens is 324 g/mol. The monoisotopic (exact) mass is 339 g/mol. The lowest BCUT2D eigenvalue weighted by Crippen LogP contribution is -2.43. The maximum atomic E-state index is 14.0. The molecule has 1 heterocycles. The van der Waals surface area contributed by atoms with Crippen molar-refractivity contribution in [3.8, 4) is 5.75 Å². The van der Waals surface area contributed by atoms with Gasteiger partial charge >= 0.3 is 0 Å². The standard InChI is InChI=1S/C17H16ClF2NO2/c18-13-5-2-6-14(20)17(13)23-16(15-10-21-7-8-22-15)11-3-1-4-12(19)9-11/h1-6,9,15-16,21H,7-8,10H2/t15?,16-/m0/s1. The van der Waals surface area contributed by atoms with Gasteiger partial charge in [0.2, 0.25) is 0 Å². The topological polar surface area (TPSA) is 30.5 Å². The second-order valence-corrected chi connectivity index (χ2v) is 5.66.